The second-order valence-corrected chi connectivity index (χ2v) is 6.84. The van der Waals surface area contributed by atoms with Crippen LogP contribution in [0.3, 0.4) is 0 Å². The number of non-ortho nitro benzene ring substituents is 1. The number of hydrogen-bond donors (Lipinski definition) is 1. The first-order chi connectivity index (χ1) is 13.2. The summed E-state index contributed by atoms with van der Waals surface area (Å²) >= 11 is 6.19. The standard InChI is InChI=1S/C20H18ClN3O4/c1-4-23-10-15(19(25)14-6-7-16(21)12(3)18(14)23)20(26)22-17-8-5-13(24(27)28)9-11(17)2/h5-10H,4H2,1-3H3,(H,22,26). The zero-order valence-electron chi connectivity index (χ0n) is 15.6. The summed E-state index contributed by atoms with van der Waals surface area (Å²) in [4.78, 5) is 36.1. The van der Waals surface area contributed by atoms with Gasteiger partial charge in [0.1, 0.15) is 5.56 Å². The predicted octanol–water partition coefficient (Wildman–Crippen LogP) is 4.45. The molecular formula is C20H18ClN3O4. The summed E-state index contributed by atoms with van der Waals surface area (Å²) in [5, 5.41) is 14.5. The highest BCUT2D eigenvalue weighted by Gasteiger charge is 2.18. The smallest absolute Gasteiger partial charge is 0.269 e. The van der Waals surface area contributed by atoms with Crippen molar-refractivity contribution in [1.29, 1.82) is 0 Å². The maximum atomic E-state index is 12.9. The number of hydrogen-bond acceptors (Lipinski definition) is 4. The number of nitrogens with one attached hydrogen (secondary N) is 1. The van der Waals surface area contributed by atoms with E-state index < -0.39 is 16.3 Å². The molecular weight excluding hydrogens is 382 g/mol. The number of carbonyl (C=O) groups is 1. The molecule has 0 spiro atoms. The van der Waals surface area contributed by atoms with Crippen molar-refractivity contribution in [2.75, 3.05) is 5.32 Å². The van der Waals surface area contributed by atoms with Crippen LogP contribution >= 0.6 is 11.6 Å². The number of fused-ring (bicyclic) bond motifs is 1. The number of carbonyl (C=O) groups excluding carboxylic acids is 1. The molecule has 0 aliphatic rings. The van der Waals surface area contributed by atoms with Crippen LogP contribution in [-0.4, -0.2) is 15.4 Å². The number of nitro groups is 1. The van der Waals surface area contributed by atoms with E-state index in [2.05, 4.69) is 5.32 Å². The molecule has 7 nitrogen and oxygen atoms in total. The molecule has 0 saturated carbocycles. The van der Waals surface area contributed by atoms with E-state index in [4.69, 9.17) is 11.6 Å². The number of halogens is 1. The van der Waals surface area contributed by atoms with Crippen molar-refractivity contribution in [1.82, 2.24) is 4.57 Å². The van der Waals surface area contributed by atoms with Gasteiger partial charge in [-0.15, -0.1) is 0 Å². The molecule has 1 heterocycles. The van der Waals surface area contributed by atoms with Gasteiger partial charge in [-0.2, -0.15) is 0 Å². The van der Waals surface area contributed by atoms with Gasteiger partial charge in [0.05, 0.1) is 10.4 Å². The molecule has 0 bridgehead atoms. The number of nitrogens with zero attached hydrogens (tertiary/aromatic N) is 2. The molecule has 0 radical (unpaired) electrons. The molecule has 8 heteroatoms. The fourth-order valence-electron chi connectivity index (χ4n) is 3.16. The predicted molar refractivity (Wildman–Crippen MR) is 109 cm³/mol. The molecule has 3 rings (SSSR count). The van der Waals surface area contributed by atoms with E-state index in [1.165, 1.54) is 24.4 Å². The number of benzene rings is 2. The van der Waals surface area contributed by atoms with E-state index in [0.29, 0.717) is 33.7 Å². The minimum atomic E-state index is -0.571. The lowest BCUT2D eigenvalue weighted by Gasteiger charge is -2.15. The molecule has 1 N–H and O–H groups in total. The third-order valence-corrected chi connectivity index (χ3v) is 5.09. The van der Waals surface area contributed by atoms with Gasteiger partial charge in [-0.05, 0) is 50.1 Å². The molecule has 1 amide bonds. The molecule has 1 aromatic heterocycles. The Morgan fingerprint density at radius 3 is 2.57 bits per heavy atom. The van der Waals surface area contributed by atoms with Crippen LogP contribution in [0.5, 0.6) is 0 Å². The summed E-state index contributed by atoms with van der Waals surface area (Å²) < 4.78 is 1.82. The van der Waals surface area contributed by atoms with Crippen LogP contribution in [0, 0.1) is 24.0 Å². The average Bonchev–Trinajstić information content (AvgIpc) is 2.66. The molecule has 0 aliphatic heterocycles. The van der Waals surface area contributed by atoms with Gasteiger partial charge in [-0.3, -0.25) is 19.7 Å². The van der Waals surface area contributed by atoms with Gasteiger partial charge < -0.3 is 9.88 Å². The molecule has 144 valence electrons. The van der Waals surface area contributed by atoms with Gasteiger partial charge in [0.25, 0.3) is 11.6 Å². The van der Waals surface area contributed by atoms with Crippen molar-refractivity contribution in [3.8, 4) is 0 Å². The maximum absolute atomic E-state index is 12.9. The van der Waals surface area contributed by atoms with Crippen molar-refractivity contribution in [2.24, 2.45) is 0 Å². The Morgan fingerprint density at radius 2 is 1.96 bits per heavy atom. The highest BCUT2D eigenvalue weighted by Crippen LogP contribution is 2.25. The van der Waals surface area contributed by atoms with E-state index in [-0.39, 0.29) is 11.3 Å². The maximum Gasteiger partial charge on any atom is 0.269 e. The lowest BCUT2D eigenvalue weighted by atomic mass is 10.1. The lowest BCUT2D eigenvalue weighted by molar-refractivity contribution is -0.384. The van der Waals surface area contributed by atoms with E-state index in [0.717, 1.165) is 5.56 Å². The summed E-state index contributed by atoms with van der Waals surface area (Å²) in [5.74, 6) is -0.571. The summed E-state index contributed by atoms with van der Waals surface area (Å²) in [7, 11) is 0. The van der Waals surface area contributed by atoms with Crippen LogP contribution in [0.1, 0.15) is 28.4 Å². The van der Waals surface area contributed by atoms with Gasteiger partial charge in [0, 0.05) is 41.0 Å². The molecule has 0 unspecified atom stereocenters. The van der Waals surface area contributed by atoms with E-state index in [9.17, 15) is 19.7 Å². The number of nitro benzene ring substituents is 1. The van der Waals surface area contributed by atoms with Crippen molar-refractivity contribution in [3.05, 3.63) is 78.6 Å². The first-order valence-corrected chi connectivity index (χ1v) is 9.01. The molecule has 28 heavy (non-hydrogen) atoms. The van der Waals surface area contributed by atoms with Crippen molar-refractivity contribution < 1.29 is 9.72 Å². The minimum absolute atomic E-state index is 0.00572. The zero-order chi connectivity index (χ0) is 20.6. The number of rotatable bonds is 4. The van der Waals surface area contributed by atoms with Gasteiger partial charge >= 0.3 is 0 Å². The summed E-state index contributed by atoms with van der Waals surface area (Å²) in [6, 6.07) is 7.38. The summed E-state index contributed by atoms with van der Waals surface area (Å²) in [6.45, 7) is 5.94. The lowest BCUT2D eigenvalue weighted by Crippen LogP contribution is -2.24. The largest absolute Gasteiger partial charge is 0.346 e. The van der Waals surface area contributed by atoms with E-state index in [1.54, 1.807) is 19.1 Å². The van der Waals surface area contributed by atoms with Crippen LogP contribution in [0.25, 0.3) is 10.9 Å². The zero-order valence-corrected chi connectivity index (χ0v) is 16.3. The van der Waals surface area contributed by atoms with Crippen molar-refractivity contribution >= 4 is 39.8 Å². The Balaban J connectivity index is 2.08. The molecule has 0 saturated heterocycles. The second kappa shape index (κ2) is 7.44. The van der Waals surface area contributed by atoms with E-state index in [1.807, 2.05) is 18.4 Å². The Labute approximate surface area is 165 Å². The van der Waals surface area contributed by atoms with Crippen LogP contribution in [0.15, 0.2) is 41.3 Å². The highest BCUT2D eigenvalue weighted by atomic mass is 35.5. The van der Waals surface area contributed by atoms with Crippen molar-refractivity contribution in [2.45, 2.75) is 27.3 Å². The van der Waals surface area contributed by atoms with Gasteiger partial charge in [0.15, 0.2) is 0 Å². The number of anilines is 1. The monoisotopic (exact) mass is 399 g/mol. The fraction of sp³-hybridized carbons (Fsp3) is 0.200. The molecule has 0 atom stereocenters. The number of pyridine rings is 1. The van der Waals surface area contributed by atoms with Crippen LogP contribution in [0.2, 0.25) is 5.02 Å². The van der Waals surface area contributed by atoms with Crippen LogP contribution in [-0.2, 0) is 6.54 Å². The third kappa shape index (κ3) is 3.36. The van der Waals surface area contributed by atoms with Crippen LogP contribution in [0.4, 0.5) is 11.4 Å². The summed E-state index contributed by atoms with van der Waals surface area (Å²) in [6.07, 6.45) is 1.52. The Morgan fingerprint density at radius 1 is 1.25 bits per heavy atom. The quantitative estimate of drug-likeness (QED) is 0.517. The van der Waals surface area contributed by atoms with Gasteiger partial charge in [-0.1, -0.05) is 11.6 Å². The van der Waals surface area contributed by atoms with Crippen LogP contribution < -0.4 is 10.7 Å². The molecule has 3 aromatic rings. The normalized spacial score (nSPS) is 10.9. The van der Waals surface area contributed by atoms with E-state index >= 15 is 0 Å². The third-order valence-electron chi connectivity index (χ3n) is 4.68. The molecule has 2 aromatic carbocycles. The highest BCUT2D eigenvalue weighted by molar-refractivity contribution is 6.32. The Hall–Kier alpha value is -3.19. The number of aryl methyl sites for hydroxylation is 3. The Kier molecular flexibility index (Phi) is 5.20. The SMILES string of the molecule is CCn1cc(C(=O)Nc2ccc([N+](=O)[O-])cc2C)c(=O)c2ccc(Cl)c(C)c21. The van der Waals surface area contributed by atoms with Crippen molar-refractivity contribution in [3.63, 3.8) is 0 Å². The molecule has 0 fully saturated rings. The number of aromatic nitrogens is 1. The summed E-state index contributed by atoms with van der Waals surface area (Å²) in [5.41, 5.74) is 1.94. The van der Waals surface area contributed by atoms with Gasteiger partial charge in [0.2, 0.25) is 5.43 Å². The van der Waals surface area contributed by atoms with Gasteiger partial charge in [-0.25, -0.2) is 0 Å². The molecule has 0 aliphatic carbocycles. The minimum Gasteiger partial charge on any atom is -0.346 e. The topological polar surface area (TPSA) is 94.2 Å². The number of amides is 1. The first kappa shape index (κ1) is 19.6. The first-order valence-electron chi connectivity index (χ1n) is 8.63. The average molecular weight is 400 g/mol. The second-order valence-electron chi connectivity index (χ2n) is 6.44. The Bertz CT molecular complexity index is 1180. The fourth-order valence-corrected chi connectivity index (χ4v) is 3.31.